The zero-order valence-electron chi connectivity index (χ0n) is 18.6. The minimum Gasteiger partial charge on any atom is -1.00 e. The van der Waals surface area contributed by atoms with Crippen LogP contribution in [0.1, 0.15) is 110 Å². The fraction of sp³-hybridized carbons (Fsp3) is 0.957. The monoisotopic (exact) mass is 449 g/mol. The van der Waals surface area contributed by atoms with Crippen LogP contribution in [0, 0.1) is 0 Å². The van der Waals surface area contributed by atoms with Crippen molar-refractivity contribution in [3.8, 4) is 0 Å². The quantitative estimate of drug-likeness (QED) is 0.229. The molecule has 4 heteroatoms. The number of carbonyl (C=O) groups excluding carboxylic acids is 1. The highest BCUT2D eigenvalue weighted by molar-refractivity contribution is 5.79. The summed E-state index contributed by atoms with van der Waals surface area (Å²) in [7, 11) is 4.16. The van der Waals surface area contributed by atoms with Gasteiger partial charge in [-0.25, -0.2) is 0 Å². The van der Waals surface area contributed by atoms with Gasteiger partial charge in [0.05, 0.1) is 20.6 Å². The standard InChI is InChI=1S/C23H48NO2.BrH/c1-4-5-6-7-8-9-10-11-12-13-14-15-16-17-19-23(26)22-24(2,3)20-18-21-25;/h25H,4-22H2,1-3H3;1H/q+1;/p-1. The van der Waals surface area contributed by atoms with Crippen LogP contribution in [0.4, 0.5) is 0 Å². The van der Waals surface area contributed by atoms with E-state index in [2.05, 4.69) is 21.0 Å². The van der Waals surface area contributed by atoms with Crippen LogP contribution in [-0.4, -0.2) is 49.2 Å². The average Bonchev–Trinajstić information content (AvgIpc) is 2.60. The highest BCUT2D eigenvalue weighted by Crippen LogP contribution is 2.13. The lowest BCUT2D eigenvalue weighted by Crippen LogP contribution is -3.00. The van der Waals surface area contributed by atoms with Crippen LogP contribution in [-0.2, 0) is 4.79 Å². The molecule has 0 atom stereocenters. The van der Waals surface area contributed by atoms with Crippen molar-refractivity contribution in [2.24, 2.45) is 0 Å². The molecule has 0 aromatic rings. The summed E-state index contributed by atoms with van der Waals surface area (Å²) in [5.74, 6) is 0.381. The number of Topliss-reactive ketones (excluding diaryl/α,β-unsaturated/α-hetero) is 1. The number of quaternary nitrogens is 1. The van der Waals surface area contributed by atoms with Crippen LogP contribution >= 0.6 is 0 Å². The molecule has 0 aliphatic rings. The molecule has 27 heavy (non-hydrogen) atoms. The van der Waals surface area contributed by atoms with E-state index in [1.54, 1.807) is 0 Å². The van der Waals surface area contributed by atoms with Gasteiger partial charge in [0.2, 0.25) is 0 Å². The molecule has 0 aliphatic heterocycles. The Morgan fingerprint density at radius 3 is 1.52 bits per heavy atom. The number of hydrogen-bond donors (Lipinski definition) is 1. The number of carbonyl (C=O) groups is 1. The zero-order chi connectivity index (χ0) is 19.5. The summed E-state index contributed by atoms with van der Waals surface area (Å²) in [4.78, 5) is 12.1. The Kier molecular flexibility index (Phi) is 22.5. The molecule has 0 spiro atoms. The molecule has 0 radical (unpaired) electrons. The normalized spacial score (nSPS) is 11.4. The number of aliphatic hydroxyl groups is 1. The number of rotatable bonds is 20. The van der Waals surface area contributed by atoms with Crippen molar-refractivity contribution >= 4 is 5.78 Å². The Balaban J connectivity index is 0. The highest BCUT2D eigenvalue weighted by Gasteiger charge is 2.18. The molecule has 0 saturated carbocycles. The van der Waals surface area contributed by atoms with E-state index in [0.29, 0.717) is 16.8 Å². The Morgan fingerprint density at radius 2 is 1.11 bits per heavy atom. The number of nitrogens with zero attached hydrogens (tertiary/aromatic N) is 1. The maximum Gasteiger partial charge on any atom is 0.186 e. The maximum absolute atomic E-state index is 12.1. The van der Waals surface area contributed by atoms with Gasteiger partial charge in [0.15, 0.2) is 5.78 Å². The number of halogens is 1. The third kappa shape index (κ3) is 22.2. The van der Waals surface area contributed by atoms with E-state index in [4.69, 9.17) is 5.11 Å². The van der Waals surface area contributed by atoms with E-state index in [1.807, 2.05) is 0 Å². The molecule has 0 heterocycles. The first-order valence-corrected chi connectivity index (χ1v) is 11.5. The van der Waals surface area contributed by atoms with Gasteiger partial charge >= 0.3 is 0 Å². The summed E-state index contributed by atoms with van der Waals surface area (Å²) in [5.41, 5.74) is 0. The molecule has 0 saturated heterocycles. The van der Waals surface area contributed by atoms with Crippen molar-refractivity contribution in [2.75, 3.05) is 33.8 Å². The maximum atomic E-state index is 12.1. The lowest BCUT2D eigenvalue weighted by molar-refractivity contribution is -0.882. The van der Waals surface area contributed by atoms with E-state index in [0.717, 1.165) is 25.8 Å². The van der Waals surface area contributed by atoms with Crippen molar-refractivity contribution in [3.63, 3.8) is 0 Å². The van der Waals surface area contributed by atoms with Crippen LogP contribution in [0.3, 0.4) is 0 Å². The molecule has 1 N–H and O–H groups in total. The van der Waals surface area contributed by atoms with Crippen molar-refractivity contribution in [1.82, 2.24) is 0 Å². The molecular formula is C23H48BrNO2. The largest absolute Gasteiger partial charge is 1.00 e. The highest BCUT2D eigenvalue weighted by atomic mass is 79.9. The first-order valence-electron chi connectivity index (χ1n) is 11.5. The van der Waals surface area contributed by atoms with Gasteiger partial charge in [0.1, 0.15) is 6.54 Å². The molecule has 0 fully saturated rings. The molecule has 164 valence electrons. The second-order valence-electron chi connectivity index (χ2n) is 8.78. The van der Waals surface area contributed by atoms with E-state index < -0.39 is 0 Å². The third-order valence-electron chi connectivity index (χ3n) is 5.34. The molecule has 0 amide bonds. The van der Waals surface area contributed by atoms with Crippen LogP contribution in [0.25, 0.3) is 0 Å². The van der Waals surface area contributed by atoms with Crippen LogP contribution < -0.4 is 17.0 Å². The van der Waals surface area contributed by atoms with Crippen molar-refractivity contribution in [1.29, 1.82) is 0 Å². The lowest BCUT2D eigenvalue weighted by atomic mass is 10.0. The van der Waals surface area contributed by atoms with E-state index in [-0.39, 0.29) is 23.6 Å². The minimum atomic E-state index is 0. The van der Waals surface area contributed by atoms with Gasteiger partial charge in [-0.3, -0.25) is 4.79 Å². The molecular weight excluding hydrogens is 402 g/mol. The van der Waals surface area contributed by atoms with Gasteiger partial charge in [-0.15, -0.1) is 0 Å². The lowest BCUT2D eigenvalue weighted by Gasteiger charge is -2.28. The Morgan fingerprint density at radius 1 is 0.704 bits per heavy atom. The van der Waals surface area contributed by atoms with Crippen LogP contribution in [0.15, 0.2) is 0 Å². The SMILES string of the molecule is CCCCCCCCCCCCCCCCC(=O)C[N+](C)(C)CCCO.[Br-]. The Labute approximate surface area is 180 Å². The molecule has 0 aromatic carbocycles. The number of aliphatic hydroxyl groups excluding tert-OH is 1. The first kappa shape index (κ1) is 29.3. The van der Waals surface area contributed by atoms with Gasteiger partial charge in [-0.1, -0.05) is 90.4 Å². The summed E-state index contributed by atoms with van der Waals surface area (Å²) in [5, 5.41) is 8.91. The third-order valence-corrected chi connectivity index (χ3v) is 5.34. The molecule has 3 nitrogen and oxygen atoms in total. The minimum absolute atomic E-state index is 0. The van der Waals surface area contributed by atoms with E-state index in [9.17, 15) is 4.79 Å². The van der Waals surface area contributed by atoms with Crippen molar-refractivity contribution in [3.05, 3.63) is 0 Å². The Hall–Kier alpha value is 0.0700. The van der Waals surface area contributed by atoms with Gasteiger partial charge in [-0.05, 0) is 6.42 Å². The summed E-state index contributed by atoms with van der Waals surface area (Å²) in [6.45, 7) is 3.98. The molecule has 0 aliphatic carbocycles. The van der Waals surface area contributed by atoms with Gasteiger partial charge in [0.25, 0.3) is 0 Å². The zero-order valence-corrected chi connectivity index (χ0v) is 20.2. The average molecular weight is 451 g/mol. The van der Waals surface area contributed by atoms with Gasteiger partial charge in [-0.2, -0.15) is 0 Å². The van der Waals surface area contributed by atoms with E-state index in [1.165, 1.54) is 83.5 Å². The number of unbranched alkanes of at least 4 members (excludes halogenated alkanes) is 13. The predicted octanol–water partition coefficient (Wildman–Crippen LogP) is 2.89. The van der Waals surface area contributed by atoms with Crippen molar-refractivity contribution < 1.29 is 31.4 Å². The summed E-state index contributed by atoms with van der Waals surface area (Å²) in [6.07, 6.45) is 20.5. The first-order chi connectivity index (χ1) is 12.5. The van der Waals surface area contributed by atoms with Gasteiger partial charge in [0, 0.05) is 19.4 Å². The topological polar surface area (TPSA) is 37.3 Å². The number of ketones is 1. The predicted molar refractivity (Wildman–Crippen MR) is 113 cm³/mol. The van der Waals surface area contributed by atoms with Crippen LogP contribution in [0.2, 0.25) is 0 Å². The fourth-order valence-corrected chi connectivity index (χ4v) is 3.65. The summed E-state index contributed by atoms with van der Waals surface area (Å²) >= 11 is 0. The second kappa shape index (κ2) is 20.8. The van der Waals surface area contributed by atoms with Crippen molar-refractivity contribution in [2.45, 2.75) is 110 Å². The summed E-state index contributed by atoms with van der Waals surface area (Å²) < 4.78 is 0.706. The molecule has 0 rings (SSSR count). The van der Waals surface area contributed by atoms with Crippen LogP contribution in [0.5, 0.6) is 0 Å². The summed E-state index contributed by atoms with van der Waals surface area (Å²) in [6, 6.07) is 0. The number of hydrogen-bond acceptors (Lipinski definition) is 2. The Bertz CT molecular complexity index is 322. The molecule has 0 bridgehead atoms. The molecule has 0 unspecified atom stereocenters. The fourth-order valence-electron chi connectivity index (χ4n) is 3.65. The second-order valence-corrected chi connectivity index (χ2v) is 8.78. The van der Waals surface area contributed by atoms with Gasteiger partial charge < -0.3 is 26.6 Å². The number of likely N-dealkylation sites (N-methyl/N-ethyl adjacent to an activating group) is 1. The smallest absolute Gasteiger partial charge is 0.186 e. The molecule has 0 aromatic heterocycles. The van der Waals surface area contributed by atoms with E-state index >= 15 is 0 Å².